The van der Waals surface area contributed by atoms with Crippen molar-refractivity contribution in [1.82, 2.24) is 9.88 Å². The number of methoxy groups -OCH3 is 2. The van der Waals surface area contributed by atoms with Crippen LogP contribution in [0.4, 0.5) is 4.39 Å². The summed E-state index contributed by atoms with van der Waals surface area (Å²) in [4.78, 5) is 10.8. The molecule has 0 fully saturated rings. The number of aromatic nitrogens is 1. The Morgan fingerprint density at radius 1 is 0.944 bits per heavy atom. The van der Waals surface area contributed by atoms with E-state index in [0.29, 0.717) is 52.0 Å². The maximum absolute atomic E-state index is 15.2. The Labute approximate surface area is 213 Å². The molecule has 182 valence electrons. The van der Waals surface area contributed by atoms with E-state index >= 15 is 4.39 Å². The second-order valence-corrected chi connectivity index (χ2v) is 8.63. The number of nitrogens with zero attached hydrogens (tertiary/aromatic N) is 3. The molecule has 4 aromatic rings. The molecule has 0 saturated heterocycles. The van der Waals surface area contributed by atoms with Crippen LogP contribution in [0.15, 0.2) is 78.1 Å². The maximum Gasteiger partial charge on any atom is 0.166 e. The average Bonchev–Trinajstić information content (AvgIpc) is 2.89. The fourth-order valence-corrected chi connectivity index (χ4v) is 4.26. The van der Waals surface area contributed by atoms with Gasteiger partial charge in [0.1, 0.15) is 12.4 Å². The highest BCUT2D eigenvalue weighted by Crippen LogP contribution is 2.37. The van der Waals surface area contributed by atoms with Gasteiger partial charge >= 0.3 is 0 Å². The van der Waals surface area contributed by atoms with Crippen LogP contribution in [0.2, 0.25) is 5.02 Å². The Morgan fingerprint density at radius 3 is 2.56 bits per heavy atom. The van der Waals surface area contributed by atoms with Crippen molar-refractivity contribution in [2.45, 2.75) is 6.54 Å². The minimum atomic E-state index is -0.487. The molecule has 0 saturated carbocycles. The van der Waals surface area contributed by atoms with Gasteiger partial charge in [0.05, 0.1) is 19.7 Å². The third-order valence-corrected chi connectivity index (χ3v) is 6.02. The van der Waals surface area contributed by atoms with Gasteiger partial charge in [-0.3, -0.25) is 9.98 Å². The highest BCUT2D eigenvalue weighted by molar-refractivity contribution is 6.30. The van der Waals surface area contributed by atoms with E-state index in [1.54, 1.807) is 50.9 Å². The van der Waals surface area contributed by atoms with Gasteiger partial charge in [0.15, 0.2) is 23.1 Å². The zero-order chi connectivity index (χ0) is 25.1. The Balaban J connectivity index is 1.39. The summed E-state index contributed by atoms with van der Waals surface area (Å²) in [6, 6.07) is 17.8. The quantitative estimate of drug-likeness (QED) is 0.280. The van der Waals surface area contributed by atoms with Crippen molar-refractivity contribution in [1.29, 1.82) is 0 Å². The van der Waals surface area contributed by atoms with Crippen LogP contribution in [0.5, 0.6) is 23.0 Å². The number of benzene rings is 3. The van der Waals surface area contributed by atoms with E-state index < -0.39 is 5.82 Å². The third kappa shape index (κ3) is 4.97. The van der Waals surface area contributed by atoms with Crippen molar-refractivity contribution in [2.24, 2.45) is 4.99 Å². The monoisotopic (exact) mass is 503 g/mol. The lowest BCUT2D eigenvalue weighted by Crippen LogP contribution is -2.20. The molecular weight excluding hydrogens is 481 g/mol. The number of pyridine rings is 1. The maximum atomic E-state index is 15.2. The number of aliphatic imine (C=N–C) groups is 1. The molecule has 0 bridgehead atoms. The lowest BCUT2D eigenvalue weighted by molar-refractivity contribution is 0.355. The molecule has 0 N–H and O–H groups in total. The molecule has 5 rings (SSSR count). The SMILES string of the molecule is COc1cc2nccc(Oc3ccc(C4=CN(Cc5cccc(Cl)c5)CN=C4)cc3F)c2cc1OC. The Morgan fingerprint density at radius 2 is 1.78 bits per heavy atom. The minimum Gasteiger partial charge on any atom is -0.493 e. The summed E-state index contributed by atoms with van der Waals surface area (Å²) in [5, 5.41) is 1.37. The number of fused-ring (bicyclic) bond motifs is 1. The summed E-state index contributed by atoms with van der Waals surface area (Å²) < 4.78 is 31.9. The molecule has 6 nitrogen and oxygen atoms in total. The van der Waals surface area contributed by atoms with Crippen LogP contribution in [0.3, 0.4) is 0 Å². The van der Waals surface area contributed by atoms with E-state index in [0.717, 1.165) is 11.1 Å². The summed E-state index contributed by atoms with van der Waals surface area (Å²) in [7, 11) is 3.11. The van der Waals surface area contributed by atoms with Gasteiger partial charge in [0, 0.05) is 47.2 Å². The van der Waals surface area contributed by atoms with Crippen LogP contribution in [-0.4, -0.2) is 37.0 Å². The van der Waals surface area contributed by atoms with Gasteiger partial charge in [-0.05, 0) is 47.5 Å². The number of allylic oxidation sites excluding steroid dienone is 1. The summed E-state index contributed by atoms with van der Waals surface area (Å²) in [6.45, 7) is 1.16. The molecule has 0 radical (unpaired) electrons. The van der Waals surface area contributed by atoms with Crippen LogP contribution in [0.1, 0.15) is 11.1 Å². The largest absolute Gasteiger partial charge is 0.493 e. The predicted octanol–water partition coefficient (Wildman–Crippen LogP) is 6.72. The average molecular weight is 504 g/mol. The van der Waals surface area contributed by atoms with Crippen molar-refractivity contribution in [3.63, 3.8) is 0 Å². The molecule has 1 aliphatic heterocycles. The molecule has 36 heavy (non-hydrogen) atoms. The van der Waals surface area contributed by atoms with Crippen LogP contribution >= 0.6 is 11.6 Å². The smallest absolute Gasteiger partial charge is 0.166 e. The molecule has 0 aliphatic carbocycles. The lowest BCUT2D eigenvalue weighted by atomic mass is 10.1. The Bertz CT molecular complexity index is 1490. The zero-order valence-electron chi connectivity index (χ0n) is 19.7. The van der Waals surface area contributed by atoms with E-state index in [-0.39, 0.29) is 5.75 Å². The topological polar surface area (TPSA) is 56.2 Å². The predicted molar refractivity (Wildman–Crippen MR) is 140 cm³/mol. The number of ether oxygens (including phenoxy) is 3. The van der Waals surface area contributed by atoms with E-state index in [1.807, 2.05) is 41.4 Å². The molecule has 8 heteroatoms. The fourth-order valence-electron chi connectivity index (χ4n) is 4.05. The Kier molecular flexibility index (Phi) is 6.73. The van der Waals surface area contributed by atoms with Crippen LogP contribution in [0, 0.1) is 5.82 Å². The van der Waals surface area contributed by atoms with E-state index in [9.17, 15) is 0 Å². The number of hydrogen-bond acceptors (Lipinski definition) is 6. The fraction of sp³-hybridized carbons (Fsp3) is 0.143. The Hall–Kier alpha value is -4.10. The standard InChI is InChI=1S/C28H23ClFN3O3/c1-34-27-12-22-24(13-28(27)35-2)32-9-8-25(22)36-26-7-6-19(11-23(26)30)20-14-31-17-33(16-20)15-18-4-3-5-21(29)10-18/h3-14,16H,15,17H2,1-2H3. The van der Waals surface area contributed by atoms with Crippen LogP contribution in [0.25, 0.3) is 16.5 Å². The first-order chi connectivity index (χ1) is 17.5. The molecule has 2 heterocycles. The van der Waals surface area contributed by atoms with Crippen LogP contribution in [-0.2, 0) is 6.54 Å². The number of halogens is 2. The van der Waals surface area contributed by atoms with Crippen molar-refractivity contribution in [3.8, 4) is 23.0 Å². The molecule has 0 unspecified atom stereocenters. The summed E-state index contributed by atoms with van der Waals surface area (Å²) in [6.07, 6.45) is 5.33. The summed E-state index contributed by atoms with van der Waals surface area (Å²) >= 11 is 6.11. The van der Waals surface area contributed by atoms with E-state index in [4.69, 9.17) is 25.8 Å². The first-order valence-electron chi connectivity index (χ1n) is 11.2. The first kappa shape index (κ1) is 23.6. The lowest BCUT2D eigenvalue weighted by Gasteiger charge is -2.23. The number of hydrogen-bond donors (Lipinski definition) is 0. The molecule has 0 atom stereocenters. The first-order valence-corrected chi connectivity index (χ1v) is 11.6. The van der Waals surface area contributed by atoms with Crippen molar-refractivity contribution < 1.29 is 18.6 Å². The van der Waals surface area contributed by atoms with E-state index in [2.05, 4.69) is 9.98 Å². The van der Waals surface area contributed by atoms with Crippen molar-refractivity contribution in [3.05, 3.63) is 95.0 Å². The van der Waals surface area contributed by atoms with Crippen molar-refractivity contribution >= 4 is 34.3 Å². The summed E-state index contributed by atoms with van der Waals surface area (Å²) in [5.41, 5.74) is 3.22. The minimum absolute atomic E-state index is 0.102. The van der Waals surface area contributed by atoms with Crippen LogP contribution < -0.4 is 14.2 Å². The third-order valence-electron chi connectivity index (χ3n) is 5.78. The second kappa shape index (κ2) is 10.3. The van der Waals surface area contributed by atoms with Gasteiger partial charge in [0.25, 0.3) is 0 Å². The van der Waals surface area contributed by atoms with Gasteiger partial charge in [-0.1, -0.05) is 29.8 Å². The van der Waals surface area contributed by atoms with Gasteiger partial charge < -0.3 is 19.1 Å². The van der Waals surface area contributed by atoms with Gasteiger partial charge in [-0.25, -0.2) is 4.39 Å². The normalized spacial score (nSPS) is 13.0. The number of rotatable bonds is 7. The summed E-state index contributed by atoms with van der Waals surface area (Å²) in [5.74, 6) is 1.16. The zero-order valence-corrected chi connectivity index (χ0v) is 20.5. The van der Waals surface area contributed by atoms with Gasteiger partial charge in [-0.15, -0.1) is 0 Å². The highest BCUT2D eigenvalue weighted by Gasteiger charge is 2.15. The van der Waals surface area contributed by atoms with Crippen molar-refractivity contribution in [2.75, 3.05) is 20.9 Å². The van der Waals surface area contributed by atoms with Gasteiger partial charge in [-0.2, -0.15) is 0 Å². The molecule has 3 aromatic carbocycles. The van der Waals surface area contributed by atoms with E-state index in [1.165, 1.54) is 6.07 Å². The van der Waals surface area contributed by atoms with Gasteiger partial charge in [0.2, 0.25) is 0 Å². The molecule has 0 spiro atoms. The molecule has 0 amide bonds. The molecule has 1 aromatic heterocycles. The molecular formula is C28H23ClFN3O3. The second-order valence-electron chi connectivity index (χ2n) is 8.20. The molecule has 1 aliphatic rings. The highest BCUT2D eigenvalue weighted by atomic mass is 35.5.